The second-order valence-corrected chi connectivity index (χ2v) is 6.82. The summed E-state index contributed by atoms with van der Waals surface area (Å²) >= 11 is 0. The highest BCUT2D eigenvalue weighted by molar-refractivity contribution is 5.79. The number of benzene rings is 1. The van der Waals surface area contributed by atoms with E-state index in [4.69, 9.17) is 9.15 Å². The number of hydrogen-bond donors (Lipinski definition) is 2. The van der Waals surface area contributed by atoms with Gasteiger partial charge in [0.05, 0.1) is 19.9 Å². The molecule has 0 bridgehead atoms. The lowest BCUT2D eigenvalue weighted by molar-refractivity contribution is 0.379. The molecule has 0 unspecified atom stereocenters. The van der Waals surface area contributed by atoms with Crippen molar-refractivity contribution in [2.24, 2.45) is 4.99 Å². The van der Waals surface area contributed by atoms with E-state index >= 15 is 0 Å². The molecule has 0 atom stereocenters. The van der Waals surface area contributed by atoms with E-state index in [1.165, 1.54) is 5.56 Å². The van der Waals surface area contributed by atoms with Crippen LogP contribution in [-0.2, 0) is 18.4 Å². The van der Waals surface area contributed by atoms with Crippen molar-refractivity contribution in [3.63, 3.8) is 0 Å². The fourth-order valence-electron chi connectivity index (χ4n) is 2.24. The van der Waals surface area contributed by atoms with Crippen LogP contribution in [0.4, 0.5) is 0 Å². The lowest BCUT2D eigenvalue weighted by atomic mass is 9.94. The Bertz CT molecular complexity index is 684. The number of nitrogens with zero attached hydrogens (tertiary/aromatic N) is 2. The van der Waals surface area contributed by atoms with Crippen LogP contribution >= 0.6 is 0 Å². The molecule has 2 rings (SSSR count). The SMILES string of the molecule is CN=C(NCCc1ccc(OC)cc1)NCc1ncc(C(C)(C)C)o1. The highest BCUT2D eigenvalue weighted by Crippen LogP contribution is 2.22. The first-order chi connectivity index (χ1) is 11.9. The van der Waals surface area contributed by atoms with Gasteiger partial charge in [-0.15, -0.1) is 0 Å². The minimum absolute atomic E-state index is 0.0382. The van der Waals surface area contributed by atoms with Gasteiger partial charge in [-0.2, -0.15) is 0 Å². The Morgan fingerprint density at radius 3 is 2.48 bits per heavy atom. The highest BCUT2D eigenvalue weighted by atomic mass is 16.5. The molecule has 0 saturated heterocycles. The number of oxazole rings is 1. The van der Waals surface area contributed by atoms with E-state index in [0.717, 1.165) is 30.4 Å². The average Bonchev–Trinajstić information content (AvgIpc) is 3.08. The highest BCUT2D eigenvalue weighted by Gasteiger charge is 2.19. The summed E-state index contributed by atoms with van der Waals surface area (Å²) in [5.74, 6) is 3.13. The van der Waals surface area contributed by atoms with E-state index < -0.39 is 0 Å². The molecule has 0 spiro atoms. The zero-order chi connectivity index (χ0) is 18.3. The number of guanidine groups is 1. The molecular weight excluding hydrogens is 316 g/mol. The van der Waals surface area contributed by atoms with Crippen molar-refractivity contribution in [1.82, 2.24) is 15.6 Å². The largest absolute Gasteiger partial charge is 0.497 e. The molecule has 1 aromatic heterocycles. The van der Waals surface area contributed by atoms with Gasteiger partial charge in [-0.25, -0.2) is 4.98 Å². The quantitative estimate of drug-likeness (QED) is 0.623. The molecule has 0 saturated carbocycles. The fourth-order valence-corrected chi connectivity index (χ4v) is 2.24. The van der Waals surface area contributed by atoms with Gasteiger partial charge in [0.2, 0.25) is 5.89 Å². The first kappa shape index (κ1) is 18.8. The summed E-state index contributed by atoms with van der Waals surface area (Å²) in [6, 6.07) is 8.07. The maximum Gasteiger partial charge on any atom is 0.213 e. The molecule has 2 aromatic rings. The van der Waals surface area contributed by atoms with Crippen LogP contribution in [0.3, 0.4) is 0 Å². The Hall–Kier alpha value is -2.50. The van der Waals surface area contributed by atoms with E-state index in [2.05, 4.69) is 53.5 Å². The molecule has 0 amide bonds. The number of rotatable bonds is 6. The first-order valence-electron chi connectivity index (χ1n) is 8.45. The monoisotopic (exact) mass is 344 g/mol. The Morgan fingerprint density at radius 2 is 1.92 bits per heavy atom. The van der Waals surface area contributed by atoms with Gasteiger partial charge in [0.25, 0.3) is 0 Å². The molecule has 0 aliphatic heterocycles. The Balaban J connectivity index is 1.77. The maximum absolute atomic E-state index is 5.77. The zero-order valence-electron chi connectivity index (χ0n) is 15.7. The molecule has 0 aliphatic rings. The number of nitrogens with one attached hydrogen (secondary N) is 2. The smallest absolute Gasteiger partial charge is 0.213 e. The summed E-state index contributed by atoms with van der Waals surface area (Å²) in [5, 5.41) is 6.51. The predicted octanol–water partition coefficient (Wildman–Crippen LogP) is 2.89. The molecule has 2 N–H and O–H groups in total. The lowest BCUT2D eigenvalue weighted by Gasteiger charge is -2.13. The maximum atomic E-state index is 5.77. The van der Waals surface area contributed by atoms with E-state index in [1.807, 2.05) is 12.1 Å². The summed E-state index contributed by atoms with van der Waals surface area (Å²) in [5.41, 5.74) is 1.20. The van der Waals surface area contributed by atoms with Crippen LogP contribution in [0.25, 0.3) is 0 Å². The first-order valence-corrected chi connectivity index (χ1v) is 8.45. The van der Waals surface area contributed by atoms with Crippen LogP contribution in [0, 0.1) is 0 Å². The number of methoxy groups -OCH3 is 1. The van der Waals surface area contributed by atoms with Crippen molar-refractivity contribution in [3.8, 4) is 5.75 Å². The Morgan fingerprint density at radius 1 is 1.20 bits per heavy atom. The average molecular weight is 344 g/mol. The molecule has 1 aromatic carbocycles. The van der Waals surface area contributed by atoms with Gasteiger partial charge in [0.15, 0.2) is 5.96 Å². The molecule has 136 valence electrons. The fraction of sp³-hybridized carbons (Fsp3) is 0.474. The molecule has 6 heteroatoms. The number of aliphatic imine (C=N–C) groups is 1. The van der Waals surface area contributed by atoms with Crippen molar-refractivity contribution in [2.45, 2.75) is 39.2 Å². The molecular formula is C19H28N4O2. The standard InChI is InChI=1S/C19H28N4O2/c1-19(2,3)16-12-22-17(25-16)13-23-18(20-4)21-11-10-14-6-8-15(24-5)9-7-14/h6-9,12H,10-11,13H2,1-5H3,(H2,20,21,23). The summed E-state index contributed by atoms with van der Waals surface area (Å²) < 4.78 is 10.9. The third kappa shape index (κ3) is 5.81. The van der Waals surface area contributed by atoms with Gasteiger partial charge >= 0.3 is 0 Å². The van der Waals surface area contributed by atoms with Gasteiger partial charge in [0, 0.05) is 19.0 Å². The molecule has 1 heterocycles. The van der Waals surface area contributed by atoms with Crippen molar-refractivity contribution >= 4 is 5.96 Å². The Labute approximate surface area is 149 Å². The number of aromatic nitrogens is 1. The van der Waals surface area contributed by atoms with Crippen LogP contribution in [0.15, 0.2) is 39.9 Å². The van der Waals surface area contributed by atoms with Crippen molar-refractivity contribution in [1.29, 1.82) is 0 Å². The summed E-state index contributed by atoms with van der Waals surface area (Å²) in [6.07, 6.45) is 2.69. The lowest BCUT2D eigenvalue weighted by Crippen LogP contribution is -2.37. The van der Waals surface area contributed by atoms with Gasteiger partial charge in [-0.05, 0) is 24.1 Å². The minimum atomic E-state index is -0.0382. The summed E-state index contributed by atoms with van der Waals surface area (Å²) in [7, 11) is 3.42. The number of ether oxygens (including phenoxy) is 1. The van der Waals surface area contributed by atoms with Crippen molar-refractivity contribution in [3.05, 3.63) is 47.7 Å². The Kier molecular flexibility index (Phi) is 6.44. The number of hydrogen-bond acceptors (Lipinski definition) is 4. The second kappa shape index (κ2) is 8.55. The van der Waals surface area contributed by atoms with E-state index in [0.29, 0.717) is 12.4 Å². The van der Waals surface area contributed by atoms with Crippen LogP contribution < -0.4 is 15.4 Å². The van der Waals surface area contributed by atoms with Crippen LogP contribution in [-0.4, -0.2) is 31.6 Å². The van der Waals surface area contributed by atoms with E-state index in [1.54, 1.807) is 20.4 Å². The molecule has 6 nitrogen and oxygen atoms in total. The molecule has 0 radical (unpaired) electrons. The van der Waals surface area contributed by atoms with Gasteiger partial charge in [-0.1, -0.05) is 32.9 Å². The van der Waals surface area contributed by atoms with Gasteiger partial charge in [-0.3, -0.25) is 4.99 Å². The molecule has 0 fully saturated rings. The van der Waals surface area contributed by atoms with Crippen LogP contribution in [0.2, 0.25) is 0 Å². The topological polar surface area (TPSA) is 71.7 Å². The minimum Gasteiger partial charge on any atom is -0.497 e. The van der Waals surface area contributed by atoms with Crippen LogP contribution in [0.1, 0.15) is 38.0 Å². The van der Waals surface area contributed by atoms with Crippen molar-refractivity contribution < 1.29 is 9.15 Å². The van der Waals surface area contributed by atoms with Gasteiger partial charge in [0.1, 0.15) is 11.5 Å². The third-order valence-corrected chi connectivity index (χ3v) is 3.79. The van der Waals surface area contributed by atoms with E-state index in [9.17, 15) is 0 Å². The summed E-state index contributed by atoms with van der Waals surface area (Å²) in [6.45, 7) is 7.59. The van der Waals surface area contributed by atoms with Crippen LogP contribution in [0.5, 0.6) is 5.75 Å². The van der Waals surface area contributed by atoms with Gasteiger partial charge < -0.3 is 19.8 Å². The molecule has 25 heavy (non-hydrogen) atoms. The molecule has 0 aliphatic carbocycles. The normalized spacial score (nSPS) is 12.1. The predicted molar refractivity (Wildman–Crippen MR) is 100 cm³/mol. The second-order valence-electron chi connectivity index (χ2n) is 6.82. The zero-order valence-corrected chi connectivity index (χ0v) is 15.7. The summed E-state index contributed by atoms with van der Waals surface area (Å²) in [4.78, 5) is 8.53. The van der Waals surface area contributed by atoms with Crippen molar-refractivity contribution in [2.75, 3.05) is 20.7 Å². The van der Waals surface area contributed by atoms with E-state index in [-0.39, 0.29) is 5.41 Å². The third-order valence-electron chi connectivity index (χ3n) is 3.79.